The van der Waals surface area contributed by atoms with E-state index in [0.717, 1.165) is 18.2 Å². The predicted octanol–water partition coefficient (Wildman–Crippen LogP) is 2.28. The summed E-state index contributed by atoms with van der Waals surface area (Å²) in [4.78, 5) is 5.12. The maximum absolute atomic E-state index is 5.74. The van der Waals surface area contributed by atoms with E-state index in [0.29, 0.717) is 0 Å². The molecule has 0 aromatic carbocycles. The number of halogens is 1. The van der Waals surface area contributed by atoms with Crippen molar-refractivity contribution in [3.63, 3.8) is 0 Å². The van der Waals surface area contributed by atoms with Crippen molar-refractivity contribution in [1.82, 2.24) is 9.80 Å². The van der Waals surface area contributed by atoms with Gasteiger partial charge in [-0.1, -0.05) is 13.8 Å². The topological polar surface area (TPSA) is 6.48 Å². The summed E-state index contributed by atoms with van der Waals surface area (Å²) in [7, 11) is 0. The third-order valence-electron chi connectivity index (χ3n) is 3.45. The molecule has 1 heterocycles. The quantitative estimate of drug-likeness (QED) is 0.649. The minimum atomic E-state index is 0.784. The molecule has 0 spiro atoms. The average Bonchev–Trinajstić information content (AvgIpc) is 2.27. The summed E-state index contributed by atoms with van der Waals surface area (Å²) in [6.07, 6.45) is 2.47. The second-order valence-electron chi connectivity index (χ2n) is 4.65. The maximum Gasteiger partial charge on any atom is 0.0225 e. The van der Waals surface area contributed by atoms with Crippen molar-refractivity contribution >= 4 is 11.6 Å². The second-order valence-corrected chi connectivity index (χ2v) is 5.03. The van der Waals surface area contributed by atoms with Crippen LogP contribution in [0.1, 0.15) is 26.7 Å². The summed E-state index contributed by atoms with van der Waals surface area (Å²) >= 11 is 5.74. The fourth-order valence-corrected chi connectivity index (χ4v) is 2.44. The summed E-state index contributed by atoms with van der Waals surface area (Å²) in [5.41, 5.74) is 0. The van der Waals surface area contributed by atoms with Crippen LogP contribution in [0, 0.1) is 5.92 Å². The molecule has 90 valence electrons. The molecule has 1 aliphatic heterocycles. The molecular weight excluding hydrogens is 208 g/mol. The van der Waals surface area contributed by atoms with Gasteiger partial charge in [0, 0.05) is 32.1 Å². The Morgan fingerprint density at radius 1 is 1.07 bits per heavy atom. The molecule has 0 amide bonds. The Morgan fingerprint density at radius 3 is 2.20 bits per heavy atom. The summed E-state index contributed by atoms with van der Waals surface area (Å²) in [5, 5.41) is 0. The molecule has 1 fully saturated rings. The molecule has 1 unspecified atom stereocenters. The highest BCUT2D eigenvalue weighted by Gasteiger charge is 2.15. The van der Waals surface area contributed by atoms with E-state index in [2.05, 4.69) is 23.6 Å². The van der Waals surface area contributed by atoms with Crippen molar-refractivity contribution in [2.75, 3.05) is 45.1 Å². The third-order valence-corrected chi connectivity index (χ3v) is 3.67. The van der Waals surface area contributed by atoms with Gasteiger partial charge in [0.25, 0.3) is 0 Å². The molecule has 0 saturated carbocycles. The summed E-state index contributed by atoms with van der Waals surface area (Å²) < 4.78 is 0. The molecular formula is C12H25ClN2. The van der Waals surface area contributed by atoms with E-state index >= 15 is 0 Å². The van der Waals surface area contributed by atoms with Crippen LogP contribution >= 0.6 is 11.6 Å². The van der Waals surface area contributed by atoms with Crippen molar-refractivity contribution in [2.24, 2.45) is 5.92 Å². The number of alkyl halides is 1. The minimum Gasteiger partial charge on any atom is -0.301 e. The molecule has 2 nitrogen and oxygen atoms in total. The zero-order valence-corrected chi connectivity index (χ0v) is 11.0. The van der Waals surface area contributed by atoms with E-state index in [9.17, 15) is 0 Å². The van der Waals surface area contributed by atoms with E-state index in [1.165, 1.54) is 45.7 Å². The van der Waals surface area contributed by atoms with Crippen LogP contribution in [-0.2, 0) is 0 Å². The zero-order chi connectivity index (χ0) is 11.1. The zero-order valence-electron chi connectivity index (χ0n) is 10.2. The normalized spacial score (nSPS) is 21.8. The first-order chi connectivity index (χ1) is 7.26. The molecule has 1 rings (SSSR count). The predicted molar refractivity (Wildman–Crippen MR) is 67.7 cm³/mol. The molecule has 0 aliphatic carbocycles. The summed E-state index contributed by atoms with van der Waals surface area (Å²) in [5.74, 6) is 1.59. The number of hydrogen-bond donors (Lipinski definition) is 0. The van der Waals surface area contributed by atoms with Gasteiger partial charge in [0.15, 0.2) is 0 Å². The van der Waals surface area contributed by atoms with Gasteiger partial charge in [-0.15, -0.1) is 11.6 Å². The Kier molecular flexibility index (Phi) is 6.62. The lowest BCUT2D eigenvalue weighted by Crippen LogP contribution is -2.46. The monoisotopic (exact) mass is 232 g/mol. The molecule has 15 heavy (non-hydrogen) atoms. The first-order valence-electron chi connectivity index (χ1n) is 6.27. The van der Waals surface area contributed by atoms with Crippen LogP contribution in [-0.4, -0.2) is 54.9 Å². The summed E-state index contributed by atoms with van der Waals surface area (Å²) in [6.45, 7) is 12.0. The molecule has 0 aromatic heterocycles. The molecule has 0 aromatic rings. The fourth-order valence-electron chi connectivity index (χ4n) is 2.06. The molecule has 1 atom stereocenters. The number of likely N-dealkylation sites (N-methyl/N-ethyl adjacent to an activating group) is 1. The van der Waals surface area contributed by atoms with Gasteiger partial charge in [0.2, 0.25) is 0 Å². The Labute approximate surface area is 99.6 Å². The van der Waals surface area contributed by atoms with Crippen LogP contribution in [0.15, 0.2) is 0 Å². The van der Waals surface area contributed by atoms with Crippen LogP contribution in [0.25, 0.3) is 0 Å². The molecule has 1 aliphatic rings. The lowest BCUT2D eigenvalue weighted by molar-refractivity contribution is 0.132. The van der Waals surface area contributed by atoms with Gasteiger partial charge in [0.1, 0.15) is 0 Å². The SMILES string of the molecule is CCN1CCN(CCC(C)CCCl)CC1. The maximum atomic E-state index is 5.74. The molecule has 0 N–H and O–H groups in total. The van der Waals surface area contributed by atoms with Crippen LogP contribution in [0.5, 0.6) is 0 Å². The Balaban J connectivity index is 2.08. The van der Waals surface area contributed by atoms with Gasteiger partial charge < -0.3 is 9.80 Å². The number of piperazine rings is 1. The van der Waals surface area contributed by atoms with Crippen molar-refractivity contribution in [3.8, 4) is 0 Å². The van der Waals surface area contributed by atoms with E-state index < -0.39 is 0 Å². The van der Waals surface area contributed by atoms with E-state index in [4.69, 9.17) is 11.6 Å². The first-order valence-corrected chi connectivity index (χ1v) is 6.80. The van der Waals surface area contributed by atoms with Gasteiger partial charge in [0.05, 0.1) is 0 Å². The number of rotatable bonds is 6. The Hall–Kier alpha value is 0.210. The van der Waals surface area contributed by atoms with Gasteiger partial charge in [-0.05, 0) is 31.8 Å². The van der Waals surface area contributed by atoms with Gasteiger partial charge in [-0.25, -0.2) is 0 Å². The lowest BCUT2D eigenvalue weighted by Gasteiger charge is -2.34. The number of nitrogens with zero attached hydrogens (tertiary/aromatic N) is 2. The van der Waals surface area contributed by atoms with Crippen molar-refractivity contribution in [3.05, 3.63) is 0 Å². The van der Waals surface area contributed by atoms with Crippen molar-refractivity contribution < 1.29 is 0 Å². The lowest BCUT2D eigenvalue weighted by atomic mass is 10.0. The Morgan fingerprint density at radius 2 is 1.67 bits per heavy atom. The van der Waals surface area contributed by atoms with Crippen LogP contribution < -0.4 is 0 Å². The van der Waals surface area contributed by atoms with Gasteiger partial charge in [-0.2, -0.15) is 0 Å². The second kappa shape index (κ2) is 7.48. The molecule has 0 bridgehead atoms. The van der Waals surface area contributed by atoms with Gasteiger partial charge >= 0.3 is 0 Å². The average molecular weight is 233 g/mol. The summed E-state index contributed by atoms with van der Waals surface area (Å²) in [6, 6.07) is 0. The largest absolute Gasteiger partial charge is 0.301 e. The highest BCUT2D eigenvalue weighted by atomic mass is 35.5. The third kappa shape index (κ3) is 5.19. The Bertz CT molecular complexity index is 156. The first kappa shape index (κ1) is 13.3. The van der Waals surface area contributed by atoms with Crippen molar-refractivity contribution in [1.29, 1.82) is 0 Å². The molecule has 0 radical (unpaired) electrons. The number of hydrogen-bond acceptors (Lipinski definition) is 2. The highest BCUT2D eigenvalue weighted by molar-refractivity contribution is 6.17. The smallest absolute Gasteiger partial charge is 0.0225 e. The van der Waals surface area contributed by atoms with Gasteiger partial charge in [-0.3, -0.25) is 0 Å². The highest BCUT2D eigenvalue weighted by Crippen LogP contribution is 2.10. The van der Waals surface area contributed by atoms with Crippen LogP contribution in [0.3, 0.4) is 0 Å². The van der Waals surface area contributed by atoms with Crippen LogP contribution in [0.2, 0.25) is 0 Å². The van der Waals surface area contributed by atoms with Crippen LogP contribution in [0.4, 0.5) is 0 Å². The standard InChI is InChI=1S/C12H25ClN2/c1-3-14-8-10-15(11-9-14)7-5-12(2)4-6-13/h12H,3-11H2,1-2H3. The van der Waals surface area contributed by atoms with E-state index in [1.807, 2.05) is 0 Å². The van der Waals surface area contributed by atoms with E-state index in [-0.39, 0.29) is 0 Å². The minimum absolute atomic E-state index is 0.784. The van der Waals surface area contributed by atoms with E-state index in [1.54, 1.807) is 0 Å². The van der Waals surface area contributed by atoms with Crippen molar-refractivity contribution in [2.45, 2.75) is 26.7 Å². The fraction of sp³-hybridized carbons (Fsp3) is 1.00. The molecule has 1 saturated heterocycles. The molecule has 3 heteroatoms.